The molecule has 0 saturated carbocycles. The van der Waals surface area contributed by atoms with Crippen LogP contribution in [0.2, 0.25) is 0 Å². The number of esters is 1. The van der Waals surface area contributed by atoms with E-state index >= 15 is 0 Å². The smallest absolute Gasteiger partial charge is 0.302 e. The summed E-state index contributed by atoms with van der Waals surface area (Å²) >= 11 is 0. The lowest BCUT2D eigenvalue weighted by atomic mass is 10.3. The first-order valence-corrected chi connectivity index (χ1v) is 3.84. The molecule has 72 valence electrons. The number of rotatable bonds is 1. The lowest BCUT2D eigenvalue weighted by molar-refractivity contribution is -0.137. The Kier molecular flexibility index (Phi) is 6.32. The van der Waals surface area contributed by atoms with Gasteiger partial charge >= 0.3 is 5.97 Å². The van der Waals surface area contributed by atoms with E-state index in [1.807, 2.05) is 30.3 Å². The van der Waals surface area contributed by atoms with Crippen molar-refractivity contribution in [1.29, 1.82) is 0 Å². The molecule has 1 aromatic rings. The highest BCUT2D eigenvalue weighted by Gasteiger charge is 1.80. The van der Waals surface area contributed by atoms with Crippen molar-refractivity contribution >= 4 is 5.97 Å². The molecule has 0 aliphatic rings. The van der Waals surface area contributed by atoms with Gasteiger partial charge in [0, 0.05) is 6.92 Å². The molecular formula is C10H14O3. The molecule has 0 unspecified atom stereocenters. The van der Waals surface area contributed by atoms with Crippen LogP contribution in [0.5, 0.6) is 5.75 Å². The van der Waals surface area contributed by atoms with E-state index in [0.29, 0.717) is 0 Å². The molecule has 0 aliphatic heterocycles. The fourth-order valence-corrected chi connectivity index (χ4v) is 0.557. The van der Waals surface area contributed by atoms with Gasteiger partial charge in [0.15, 0.2) is 0 Å². The summed E-state index contributed by atoms with van der Waals surface area (Å²) in [5, 5.41) is 0. The highest BCUT2D eigenvalue weighted by atomic mass is 16.5. The fraction of sp³-hybridized carbons (Fsp3) is 0.300. The summed E-state index contributed by atoms with van der Waals surface area (Å²) in [6, 6.07) is 9.68. The summed E-state index contributed by atoms with van der Waals surface area (Å²) in [4.78, 5) is 9.59. The molecule has 3 heteroatoms. The van der Waals surface area contributed by atoms with E-state index in [2.05, 4.69) is 4.74 Å². The van der Waals surface area contributed by atoms with E-state index in [-0.39, 0.29) is 5.97 Å². The van der Waals surface area contributed by atoms with Gasteiger partial charge in [-0.3, -0.25) is 4.79 Å². The van der Waals surface area contributed by atoms with Crippen LogP contribution >= 0.6 is 0 Å². The van der Waals surface area contributed by atoms with Crippen LogP contribution in [-0.4, -0.2) is 20.2 Å². The molecule has 0 N–H and O–H groups in total. The second kappa shape index (κ2) is 7.16. The topological polar surface area (TPSA) is 35.5 Å². The largest absolute Gasteiger partial charge is 0.497 e. The Hall–Kier alpha value is -1.51. The van der Waals surface area contributed by atoms with Gasteiger partial charge in [-0.05, 0) is 12.1 Å². The van der Waals surface area contributed by atoms with Crippen molar-refractivity contribution < 1.29 is 14.3 Å². The van der Waals surface area contributed by atoms with E-state index < -0.39 is 0 Å². The van der Waals surface area contributed by atoms with Gasteiger partial charge in [-0.1, -0.05) is 18.2 Å². The molecule has 0 saturated heterocycles. The first-order valence-electron chi connectivity index (χ1n) is 3.84. The van der Waals surface area contributed by atoms with Crippen LogP contribution < -0.4 is 4.74 Å². The van der Waals surface area contributed by atoms with Crippen molar-refractivity contribution in [1.82, 2.24) is 0 Å². The van der Waals surface area contributed by atoms with Crippen molar-refractivity contribution in [3.63, 3.8) is 0 Å². The van der Waals surface area contributed by atoms with E-state index in [1.165, 1.54) is 14.0 Å². The first kappa shape index (κ1) is 11.5. The molecule has 0 atom stereocenters. The average Bonchev–Trinajstić information content (AvgIpc) is 2.20. The number of carbonyl (C=O) groups excluding carboxylic acids is 1. The summed E-state index contributed by atoms with van der Waals surface area (Å²) in [6.07, 6.45) is 0. The van der Waals surface area contributed by atoms with Crippen LogP contribution in [0.4, 0.5) is 0 Å². The molecule has 1 rings (SSSR count). The Morgan fingerprint density at radius 3 is 1.85 bits per heavy atom. The Labute approximate surface area is 78.3 Å². The number of para-hydroxylation sites is 1. The van der Waals surface area contributed by atoms with Crippen LogP contribution in [0, 0.1) is 0 Å². The molecule has 0 radical (unpaired) electrons. The second-order valence-electron chi connectivity index (χ2n) is 2.21. The maximum Gasteiger partial charge on any atom is 0.302 e. The van der Waals surface area contributed by atoms with Crippen LogP contribution in [0.15, 0.2) is 30.3 Å². The Morgan fingerprint density at radius 2 is 1.62 bits per heavy atom. The van der Waals surface area contributed by atoms with Crippen LogP contribution in [0.25, 0.3) is 0 Å². The zero-order valence-electron chi connectivity index (χ0n) is 8.11. The van der Waals surface area contributed by atoms with Gasteiger partial charge in [-0.25, -0.2) is 0 Å². The van der Waals surface area contributed by atoms with Crippen LogP contribution in [0.1, 0.15) is 6.92 Å². The molecule has 0 amide bonds. The molecule has 13 heavy (non-hydrogen) atoms. The molecule has 1 aromatic carbocycles. The van der Waals surface area contributed by atoms with Gasteiger partial charge in [0.05, 0.1) is 14.2 Å². The number of hydrogen-bond donors (Lipinski definition) is 0. The normalized spacial score (nSPS) is 7.92. The van der Waals surface area contributed by atoms with Gasteiger partial charge in [0.2, 0.25) is 0 Å². The molecule has 0 aromatic heterocycles. The van der Waals surface area contributed by atoms with Crippen LogP contribution in [-0.2, 0) is 9.53 Å². The van der Waals surface area contributed by atoms with Crippen molar-refractivity contribution in [2.75, 3.05) is 14.2 Å². The van der Waals surface area contributed by atoms with E-state index in [1.54, 1.807) is 7.11 Å². The highest BCUT2D eigenvalue weighted by molar-refractivity contribution is 5.65. The number of carbonyl (C=O) groups is 1. The number of hydrogen-bond acceptors (Lipinski definition) is 3. The summed E-state index contributed by atoms with van der Waals surface area (Å²) in [5.41, 5.74) is 0. The predicted molar refractivity (Wildman–Crippen MR) is 50.7 cm³/mol. The Bertz CT molecular complexity index is 231. The maximum atomic E-state index is 9.59. The molecule has 0 bridgehead atoms. The summed E-state index contributed by atoms with van der Waals surface area (Å²) in [7, 11) is 3.01. The minimum Gasteiger partial charge on any atom is -0.497 e. The Morgan fingerprint density at radius 1 is 1.15 bits per heavy atom. The standard InChI is InChI=1S/C7H8O.C3H6O2/c1-8-7-5-3-2-4-6-7;1-3(4)5-2/h2-6H,1H3;1-2H3. The maximum absolute atomic E-state index is 9.59. The van der Waals surface area contributed by atoms with Gasteiger partial charge in [0.1, 0.15) is 5.75 Å². The van der Waals surface area contributed by atoms with Gasteiger partial charge in [-0.15, -0.1) is 0 Å². The van der Waals surface area contributed by atoms with Crippen molar-refractivity contribution in [2.45, 2.75) is 6.92 Å². The van der Waals surface area contributed by atoms with E-state index in [0.717, 1.165) is 5.75 Å². The molecule has 0 fully saturated rings. The molecule has 0 spiro atoms. The minimum atomic E-state index is -0.245. The van der Waals surface area contributed by atoms with Gasteiger partial charge in [0.25, 0.3) is 0 Å². The number of benzene rings is 1. The monoisotopic (exact) mass is 182 g/mol. The molecular weight excluding hydrogens is 168 g/mol. The van der Waals surface area contributed by atoms with Crippen LogP contribution in [0.3, 0.4) is 0 Å². The summed E-state index contributed by atoms with van der Waals surface area (Å²) in [5.74, 6) is 0.664. The van der Waals surface area contributed by atoms with Crippen molar-refractivity contribution in [2.24, 2.45) is 0 Å². The Balaban J connectivity index is 0.000000252. The van der Waals surface area contributed by atoms with Crippen molar-refractivity contribution in [3.8, 4) is 5.75 Å². The van der Waals surface area contributed by atoms with Gasteiger partial charge in [-0.2, -0.15) is 0 Å². The SMILES string of the molecule is COC(C)=O.COc1ccccc1. The zero-order chi connectivity index (χ0) is 10.1. The molecule has 0 aliphatic carbocycles. The molecule has 0 heterocycles. The fourth-order valence-electron chi connectivity index (χ4n) is 0.557. The lowest BCUT2D eigenvalue weighted by Crippen LogP contribution is -1.88. The number of methoxy groups -OCH3 is 2. The predicted octanol–water partition coefficient (Wildman–Crippen LogP) is 1.87. The average molecular weight is 182 g/mol. The summed E-state index contributed by atoms with van der Waals surface area (Å²) < 4.78 is 9.03. The zero-order valence-corrected chi connectivity index (χ0v) is 8.11. The third-order valence-electron chi connectivity index (χ3n) is 1.27. The quantitative estimate of drug-likeness (QED) is 0.622. The van der Waals surface area contributed by atoms with E-state index in [9.17, 15) is 4.79 Å². The molecule has 3 nitrogen and oxygen atoms in total. The highest BCUT2D eigenvalue weighted by Crippen LogP contribution is 2.05. The summed E-state index contributed by atoms with van der Waals surface area (Å²) in [6.45, 7) is 1.36. The number of ether oxygens (including phenoxy) is 2. The lowest BCUT2D eigenvalue weighted by Gasteiger charge is -1.93. The van der Waals surface area contributed by atoms with E-state index in [4.69, 9.17) is 4.74 Å². The third kappa shape index (κ3) is 6.87. The first-order chi connectivity index (χ1) is 6.20. The minimum absolute atomic E-state index is 0.245. The van der Waals surface area contributed by atoms with Gasteiger partial charge < -0.3 is 9.47 Å². The second-order valence-corrected chi connectivity index (χ2v) is 2.21. The van der Waals surface area contributed by atoms with Crippen molar-refractivity contribution in [3.05, 3.63) is 30.3 Å². The third-order valence-corrected chi connectivity index (χ3v) is 1.27.